The first kappa shape index (κ1) is 14.2. The molecular weight excluding hydrogens is 240 g/mol. The van der Waals surface area contributed by atoms with Gasteiger partial charge < -0.3 is 15.8 Å². The van der Waals surface area contributed by atoms with Crippen molar-refractivity contribution in [3.8, 4) is 0 Å². The Kier molecular flexibility index (Phi) is 3.76. The van der Waals surface area contributed by atoms with Gasteiger partial charge in [-0.2, -0.15) is 5.10 Å². The molecule has 1 saturated carbocycles. The van der Waals surface area contributed by atoms with Gasteiger partial charge in [0.2, 0.25) is 0 Å². The van der Waals surface area contributed by atoms with Crippen molar-refractivity contribution in [2.45, 2.75) is 52.7 Å². The third-order valence-electron chi connectivity index (χ3n) is 4.35. The standard InChI is InChI=1S/C14H26N4O/c1-6-9-12(15)13(18(5)17-9)16-10-8-11(19-7-2)14(10,3)4/h10-11,16H,6-8,15H2,1-5H3. The molecular formula is C14H26N4O. The molecule has 3 N–H and O–H groups in total. The summed E-state index contributed by atoms with van der Waals surface area (Å²) in [5, 5.41) is 7.98. The Bertz CT molecular complexity index is 453. The number of hydrogen-bond acceptors (Lipinski definition) is 4. The maximum absolute atomic E-state index is 6.15. The van der Waals surface area contributed by atoms with Gasteiger partial charge in [0.25, 0.3) is 0 Å². The van der Waals surface area contributed by atoms with Crippen molar-refractivity contribution in [1.82, 2.24) is 9.78 Å². The minimum Gasteiger partial charge on any atom is -0.394 e. The molecule has 108 valence electrons. The zero-order valence-corrected chi connectivity index (χ0v) is 12.7. The van der Waals surface area contributed by atoms with Crippen molar-refractivity contribution >= 4 is 11.5 Å². The monoisotopic (exact) mass is 266 g/mol. The third kappa shape index (κ3) is 2.31. The average molecular weight is 266 g/mol. The molecule has 0 aromatic carbocycles. The number of nitrogen functional groups attached to an aromatic ring is 1. The first-order chi connectivity index (χ1) is 8.91. The van der Waals surface area contributed by atoms with Crippen LogP contribution < -0.4 is 11.1 Å². The maximum atomic E-state index is 6.15. The molecule has 0 spiro atoms. The van der Waals surface area contributed by atoms with E-state index in [0.29, 0.717) is 12.1 Å². The molecule has 0 radical (unpaired) electrons. The van der Waals surface area contributed by atoms with Gasteiger partial charge in [-0.25, -0.2) is 0 Å². The second-order valence-electron chi connectivity index (χ2n) is 5.88. The molecule has 1 aliphatic carbocycles. The first-order valence-electron chi connectivity index (χ1n) is 7.11. The van der Waals surface area contributed by atoms with E-state index in [9.17, 15) is 0 Å². The molecule has 2 atom stereocenters. The number of rotatable bonds is 5. The summed E-state index contributed by atoms with van der Waals surface area (Å²) in [6.45, 7) is 9.36. The topological polar surface area (TPSA) is 65.1 Å². The Morgan fingerprint density at radius 1 is 1.47 bits per heavy atom. The van der Waals surface area contributed by atoms with Gasteiger partial charge in [0.15, 0.2) is 0 Å². The fourth-order valence-corrected chi connectivity index (χ4v) is 2.81. The number of ether oxygens (including phenoxy) is 1. The lowest BCUT2D eigenvalue weighted by Gasteiger charge is -2.51. The normalized spacial score (nSPS) is 25.1. The van der Waals surface area contributed by atoms with E-state index in [1.54, 1.807) is 0 Å². The lowest BCUT2D eigenvalue weighted by Crippen LogP contribution is -2.58. The molecule has 1 aliphatic rings. The second kappa shape index (κ2) is 5.04. The van der Waals surface area contributed by atoms with E-state index in [4.69, 9.17) is 10.5 Å². The number of nitrogens with zero attached hydrogens (tertiary/aromatic N) is 2. The van der Waals surface area contributed by atoms with Crippen molar-refractivity contribution in [3.05, 3.63) is 5.69 Å². The number of nitrogens with one attached hydrogen (secondary N) is 1. The zero-order chi connectivity index (χ0) is 14.2. The molecule has 0 saturated heterocycles. The van der Waals surface area contributed by atoms with Crippen LogP contribution in [-0.4, -0.2) is 28.5 Å². The Hall–Kier alpha value is -1.23. The second-order valence-corrected chi connectivity index (χ2v) is 5.88. The van der Waals surface area contributed by atoms with Gasteiger partial charge in [0, 0.05) is 25.1 Å². The van der Waals surface area contributed by atoms with Crippen LogP contribution in [0, 0.1) is 5.41 Å². The predicted molar refractivity (Wildman–Crippen MR) is 78.2 cm³/mol. The number of nitrogens with two attached hydrogens (primary N) is 1. The summed E-state index contributed by atoms with van der Waals surface area (Å²) in [7, 11) is 1.93. The van der Waals surface area contributed by atoms with Crippen molar-refractivity contribution in [2.24, 2.45) is 12.5 Å². The van der Waals surface area contributed by atoms with Crippen molar-refractivity contribution in [1.29, 1.82) is 0 Å². The average Bonchev–Trinajstić information content (AvgIpc) is 2.64. The third-order valence-corrected chi connectivity index (χ3v) is 4.35. The van der Waals surface area contributed by atoms with Crippen LogP contribution in [0.4, 0.5) is 11.5 Å². The minimum absolute atomic E-state index is 0.124. The van der Waals surface area contributed by atoms with Gasteiger partial charge in [-0.15, -0.1) is 0 Å². The van der Waals surface area contributed by atoms with E-state index in [1.165, 1.54) is 0 Å². The van der Waals surface area contributed by atoms with Crippen molar-refractivity contribution in [2.75, 3.05) is 17.7 Å². The fourth-order valence-electron chi connectivity index (χ4n) is 2.81. The highest BCUT2D eigenvalue weighted by molar-refractivity contribution is 5.65. The van der Waals surface area contributed by atoms with E-state index < -0.39 is 0 Å². The molecule has 1 heterocycles. The van der Waals surface area contributed by atoms with Crippen LogP contribution in [-0.2, 0) is 18.2 Å². The molecule has 2 rings (SSSR count). The largest absolute Gasteiger partial charge is 0.394 e. The van der Waals surface area contributed by atoms with Gasteiger partial charge in [-0.1, -0.05) is 20.8 Å². The summed E-state index contributed by atoms with van der Waals surface area (Å²) < 4.78 is 7.60. The van der Waals surface area contributed by atoms with Crippen molar-refractivity contribution < 1.29 is 4.74 Å². The molecule has 19 heavy (non-hydrogen) atoms. The number of aromatic nitrogens is 2. The molecule has 0 aliphatic heterocycles. The Morgan fingerprint density at radius 2 is 2.16 bits per heavy atom. The van der Waals surface area contributed by atoms with Crippen LogP contribution in [0.2, 0.25) is 0 Å². The molecule has 2 unspecified atom stereocenters. The van der Waals surface area contributed by atoms with Gasteiger partial charge in [-0.3, -0.25) is 4.68 Å². The summed E-state index contributed by atoms with van der Waals surface area (Å²) in [4.78, 5) is 0. The number of hydrogen-bond donors (Lipinski definition) is 2. The predicted octanol–water partition coefficient (Wildman–Crippen LogP) is 2.18. The zero-order valence-electron chi connectivity index (χ0n) is 12.7. The molecule has 1 aromatic heterocycles. The summed E-state index contributed by atoms with van der Waals surface area (Å²) in [6.07, 6.45) is 2.21. The van der Waals surface area contributed by atoms with E-state index in [2.05, 4.69) is 31.2 Å². The molecule has 5 heteroatoms. The van der Waals surface area contributed by atoms with E-state index >= 15 is 0 Å². The first-order valence-corrected chi connectivity index (χ1v) is 7.11. The summed E-state index contributed by atoms with van der Waals surface area (Å²) in [6, 6.07) is 0.381. The van der Waals surface area contributed by atoms with Crippen molar-refractivity contribution in [3.63, 3.8) is 0 Å². The highest BCUT2D eigenvalue weighted by atomic mass is 16.5. The Balaban J connectivity index is 2.09. The Morgan fingerprint density at radius 3 is 2.63 bits per heavy atom. The molecule has 0 amide bonds. The van der Waals surface area contributed by atoms with Crippen LogP contribution >= 0.6 is 0 Å². The van der Waals surface area contributed by atoms with E-state index in [0.717, 1.165) is 36.6 Å². The summed E-state index contributed by atoms with van der Waals surface area (Å²) in [5.41, 5.74) is 8.01. The minimum atomic E-state index is 0.124. The maximum Gasteiger partial charge on any atom is 0.148 e. The fraction of sp³-hybridized carbons (Fsp3) is 0.786. The van der Waals surface area contributed by atoms with Crippen LogP contribution in [0.1, 0.15) is 39.8 Å². The van der Waals surface area contributed by atoms with Crippen LogP contribution in [0.25, 0.3) is 0 Å². The highest BCUT2D eigenvalue weighted by Crippen LogP contribution is 2.45. The highest BCUT2D eigenvalue weighted by Gasteiger charge is 2.49. The summed E-state index contributed by atoms with van der Waals surface area (Å²) >= 11 is 0. The van der Waals surface area contributed by atoms with Gasteiger partial charge in [-0.05, 0) is 19.8 Å². The van der Waals surface area contributed by atoms with E-state index in [-0.39, 0.29) is 5.41 Å². The van der Waals surface area contributed by atoms with Crippen LogP contribution in [0.5, 0.6) is 0 Å². The smallest absolute Gasteiger partial charge is 0.148 e. The molecule has 1 aromatic rings. The van der Waals surface area contributed by atoms with Gasteiger partial charge >= 0.3 is 0 Å². The molecule has 1 fully saturated rings. The molecule has 5 nitrogen and oxygen atoms in total. The van der Waals surface area contributed by atoms with Gasteiger partial charge in [0.05, 0.1) is 17.5 Å². The Labute approximate surface area is 115 Å². The molecule has 0 bridgehead atoms. The van der Waals surface area contributed by atoms with Crippen LogP contribution in [0.3, 0.4) is 0 Å². The SMILES string of the molecule is CCOC1CC(Nc2c(N)c(CC)nn2C)C1(C)C. The van der Waals surface area contributed by atoms with E-state index in [1.807, 2.05) is 18.7 Å². The lowest BCUT2D eigenvalue weighted by atomic mass is 9.64. The number of anilines is 2. The number of aryl methyl sites for hydroxylation is 2. The lowest BCUT2D eigenvalue weighted by molar-refractivity contribution is -0.0977. The quantitative estimate of drug-likeness (QED) is 0.857. The van der Waals surface area contributed by atoms with Gasteiger partial charge in [0.1, 0.15) is 5.82 Å². The van der Waals surface area contributed by atoms with Crippen LogP contribution in [0.15, 0.2) is 0 Å². The summed E-state index contributed by atoms with van der Waals surface area (Å²) in [5.74, 6) is 0.935.